The van der Waals surface area contributed by atoms with Crippen LogP contribution in [0.3, 0.4) is 0 Å². The Morgan fingerprint density at radius 3 is 2.41 bits per heavy atom. The molecule has 4 nitrogen and oxygen atoms in total. The number of aryl methyl sites for hydroxylation is 1. The van der Waals surface area contributed by atoms with Gasteiger partial charge in [0.25, 0.3) is 0 Å². The molecule has 2 N–H and O–H groups in total. The molecule has 4 rings (SSSR count). The number of hydrogen-bond donors (Lipinski definition) is 2. The van der Waals surface area contributed by atoms with Crippen molar-refractivity contribution in [2.45, 2.75) is 25.8 Å². The van der Waals surface area contributed by atoms with Gasteiger partial charge in [-0.1, -0.05) is 35.9 Å². The van der Waals surface area contributed by atoms with Gasteiger partial charge in [-0.3, -0.25) is 10.1 Å². The van der Waals surface area contributed by atoms with Gasteiger partial charge in [-0.15, -0.1) is 11.3 Å². The molecule has 1 amide bonds. The number of carbonyl (C=O) groups is 1. The quantitative estimate of drug-likeness (QED) is 0.583. The number of anilines is 2. The molecule has 2 aromatic carbocycles. The molecule has 0 saturated carbocycles. The predicted molar refractivity (Wildman–Crippen MR) is 122 cm³/mol. The molecule has 0 bridgehead atoms. The van der Waals surface area contributed by atoms with Gasteiger partial charge >= 0.3 is 0 Å². The zero-order chi connectivity index (χ0) is 20.1. The standard InChI is InChI=1S/C24H27N3OS/c1-18-6-8-19(9-7-18)24(22-5-4-16-29-22)25-17-23(28)26-20-10-12-21(13-11-20)27-14-2-3-15-27/h4-13,16,24-25H,2-3,14-15,17H2,1H3,(H,26,28). The number of rotatable bonds is 7. The van der Waals surface area contributed by atoms with Crippen molar-refractivity contribution in [3.8, 4) is 0 Å². The van der Waals surface area contributed by atoms with E-state index in [1.165, 1.54) is 34.5 Å². The highest BCUT2D eigenvalue weighted by atomic mass is 32.1. The van der Waals surface area contributed by atoms with Crippen LogP contribution in [0, 0.1) is 6.92 Å². The first kappa shape index (κ1) is 19.7. The number of benzene rings is 2. The second-order valence-electron chi connectivity index (χ2n) is 7.53. The van der Waals surface area contributed by atoms with E-state index < -0.39 is 0 Å². The molecular formula is C24H27N3OS. The number of carbonyl (C=O) groups excluding carboxylic acids is 1. The van der Waals surface area contributed by atoms with E-state index in [-0.39, 0.29) is 18.5 Å². The summed E-state index contributed by atoms with van der Waals surface area (Å²) in [7, 11) is 0. The van der Waals surface area contributed by atoms with Crippen LogP contribution in [-0.4, -0.2) is 25.5 Å². The van der Waals surface area contributed by atoms with E-state index in [9.17, 15) is 4.79 Å². The number of thiophene rings is 1. The molecule has 5 heteroatoms. The molecule has 1 fully saturated rings. The molecular weight excluding hydrogens is 378 g/mol. The summed E-state index contributed by atoms with van der Waals surface area (Å²) in [6, 6.07) is 20.8. The summed E-state index contributed by atoms with van der Waals surface area (Å²) in [5.41, 5.74) is 4.47. The van der Waals surface area contributed by atoms with Crippen molar-refractivity contribution >= 4 is 28.6 Å². The molecule has 1 aliphatic rings. The van der Waals surface area contributed by atoms with Crippen molar-refractivity contribution in [1.29, 1.82) is 0 Å². The van der Waals surface area contributed by atoms with Crippen LogP contribution in [0.15, 0.2) is 66.0 Å². The van der Waals surface area contributed by atoms with Gasteiger partial charge in [0.2, 0.25) is 5.91 Å². The van der Waals surface area contributed by atoms with Crippen LogP contribution in [0.4, 0.5) is 11.4 Å². The van der Waals surface area contributed by atoms with Crippen LogP contribution in [-0.2, 0) is 4.79 Å². The minimum atomic E-state index is -0.0346. The molecule has 3 aromatic rings. The molecule has 2 heterocycles. The van der Waals surface area contributed by atoms with E-state index in [1.54, 1.807) is 11.3 Å². The van der Waals surface area contributed by atoms with Gasteiger partial charge in [-0.05, 0) is 61.0 Å². The van der Waals surface area contributed by atoms with Crippen LogP contribution in [0.1, 0.15) is 34.9 Å². The molecule has 1 aromatic heterocycles. The second kappa shape index (κ2) is 9.25. The molecule has 0 aliphatic carbocycles. The van der Waals surface area contributed by atoms with Crippen LogP contribution in [0.25, 0.3) is 0 Å². The Balaban J connectivity index is 1.37. The Morgan fingerprint density at radius 1 is 1.03 bits per heavy atom. The van der Waals surface area contributed by atoms with Crippen molar-refractivity contribution in [1.82, 2.24) is 5.32 Å². The highest BCUT2D eigenvalue weighted by Gasteiger charge is 2.16. The maximum atomic E-state index is 12.5. The van der Waals surface area contributed by atoms with Gasteiger partial charge in [-0.25, -0.2) is 0 Å². The van der Waals surface area contributed by atoms with Crippen molar-refractivity contribution in [2.24, 2.45) is 0 Å². The lowest BCUT2D eigenvalue weighted by Gasteiger charge is -2.19. The molecule has 1 aliphatic heterocycles. The van der Waals surface area contributed by atoms with Gasteiger partial charge in [0.15, 0.2) is 0 Å². The summed E-state index contributed by atoms with van der Waals surface area (Å²) in [5, 5.41) is 8.50. The maximum Gasteiger partial charge on any atom is 0.238 e. The fraction of sp³-hybridized carbons (Fsp3) is 0.292. The monoisotopic (exact) mass is 405 g/mol. The summed E-state index contributed by atoms with van der Waals surface area (Å²) in [6.45, 7) is 4.58. The van der Waals surface area contributed by atoms with Crippen LogP contribution in [0.2, 0.25) is 0 Å². The zero-order valence-corrected chi connectivity index (χ0v) is 17.5. The topological polar surface area (TPSA) is 44.4 Å². The van der Waals surface area contributed by atoms with Crippen molar-refractivity contribution < 1.29 is 4.79 Å². The Bertz CT molecular complexity index is 914. The van der Waals surface area contributed by atoms with E-state index in [4.69, 9.17) is 0 Å². The van der Waals surface area contributed by atoms with Gasteiger partial charge in [0, 0.05) is 29.3 Å². The van der Waals surface area contributed by atoms with E-state index in [1.807, 2.05) is 18.2 Å². The fourth-order valence-electron chi connectivity index (χ4n) is 3.73. The maximum absolute atomic E-state index is 12.5. The van der Waals surface area contributed by atoms with Crippen molar-refractivity contribution in [3.05, 3.63) is 82.0 Å². The van der Waals surface area contributed by atoms with Gasteiger partial charge in [0.05, 0.1) is 12.6 Å². The summed E-state index contributed by atoms with van der Waals surface area (Å²) in [5.74, 6) is -0.0346. The summed E-state index contributed by atoms with van der Waals surface area (Å²) >= 11 is 1.70. The molecule has 29 heavy (non-hydrogen) atoms. The third-order valence-electron chi connectivity index (χ3n) is 5.33. The van der Waals surface area contributed by atoms with Gasteiger partial charge in [0.1, 0.15) is 0 Å². The average Bonchev–Trinajstić information content (AvgIpc) is 3.44. The molecule has 1 atom stereocenters. The lowest BCUT2D eigenvalue weighted by Crippen LogP contribution is -2.31. The minimum absolute atomic E-state index is 0.0129. The third kappa shape index (κ3) is 5.05. The van der Waals surface area contributed by atoms with E-state index in [0.717, 1.165) is 18.8 Å². The van der Waals surface area contributed by atoms with Crippen LogP contribution >= 0.6 is 11.3 Å². The molecule has 150 valence electrons. The molecule has 1 unspecified atom stereocenters. The fourth-order valence-corrected chi connectivity index (χ4v) is 4.55. The second-order valence-corrected chi connectivity index (χ2v) is 8.51. The highest BCUT2D eigenvalue weighted by molar-refractivity contribution is 7.10. The Labute approximate surface area is 176 Å². The van der Waals surface area contributed by atoms with Gasteiger partial charge in [-0.2, -0.15) is 0 Å². The summed E-state index contributed by atoms with van der Waals surface area (Å²) in [6.07, 6.45) is 2.52. The predicted octanol–water partition coefficient (Wildman–Crippen LogP) is 4.97. The Hall–Kier alpha value is -2.63. The summed E-state index contributed by atoms with van der Waals surface area (Å²) in [4.78, 5) is 16.1. The zero-order valence-electron chi connectivity index (χ0n) is 16.7. The smallest absolute Gasteiger partial charge is 0.238 e. The molecule has 0 radical (unpaired) electrons. The molecule has 1 saturated heterocycles. The lowest BCUT2D eigenvalue weighted by atomic mass is 10.0. The lowest BCUT2D eigenvalue weighted by molar-refractivity contribution is -0.115. The van der Waals surface area contributed by atoms with E-state index in [2.05, 4.69) is 70.3 Å². The van der Waals surface area contributed by atoms with Gasteiger partial charge < -0.3 is 10.2 Å². The highest BCUT2D eigenvalue weighted by Crippen LogP contribution is 2.26. The Kier molecular flexibility index (Phi) is 6.27. The number of amides is 1. The normalized spacial score (nSPS) is 14.7. The first-order valence-corrected chi connectivity index (χ1v) is 11.1. The van der Waals surface area contributed by atoms with E-state index in [0.29, 0.717) is 0 Å². The number of hydrogen-bond acceptors (Lipinski definition) is 4. The van der Waals surface area contributed by atoms with Crippen molar-refractivity contribution in [3.63, 3.8) is 0 Å². The SMILES string of the molecule is Cc1ccc(C(NCC(=O)Nc2ccc(N3CCCC3)cc2)c2cccs2)cc1. The van der Waals surface area contributed by atoms with Crippen molar-refractivity contribution in [2.75, 3.05) is 29.9 Å². The Morgan fingerprint density at radius 2 is 1.76 bits per heavy atom. The minimum Gasteiger partial charge on any atom is -0.372 e. The average molecular weight is 406 g/mol. The largest absolute Gasteiger partial charge is 0.372 e. The first-order valence-electron chi connectivity index (χ1n) is 10.2. The van der Waals surface area contributed by atoms with E-state index >= 15 is 0 Å². The summed E-state index contributed by atoms with van der Waals surface area (Å²) < 4.78 is 0. The third-order valence-corrected chi connectivity index (χ3v) is 6.26. The number of nitrogens with zero attached hydrogens (tertiary/aromatic N) is 1. The first-order chi connectivity index (χ1) is 14.2. The van der Waals surface area contributed by atoms with Crippen LogP contribution < -0.4 is 15.5 Å². The molecule has 0 spiro atoms. The number of nitrogens with one attached hydrogen (secondary N) is 2. The van der Waals surface area contributed by atoms with Crippen LogP contribution in [0.5, 0.6) is 0 Å².